The smallest absolute Gasteiger partial charge is 0.00103 e. The van der Waals surface area contributed by atoms with Gasteiger partial charge in [-0.1, -0.05) is 53.0 Å². The van der Waals surface area contributed by atoms with Crippen molar-refractivity contribution in [2.75, 3.05) is 19.6 Å². The minimum absolute atomic E-state index is 0.732. The predicted molar refractivity (Wildman–Crippen MR) is 88.6 cm³/mol. The third-order valence-corrected chi connectivity index (χ3v) is 3.68. The summed E-state index contributed by atoms with van der Waals surface area (Å²) in [6, 6.07) is 0. The first kappa shape index (κ1) is 18.7. The fourth-order valence-electron chi connectivity index (χ4n) is 3.04. The van der Waals surface area contributed by atoms with E-state index in [9.17, 15) is 0 Å². The van der Waals surface area contributed by atoms with E-state index in [1.54, 1.807) is 0 Å². The number of hydrogen-bond donors (Lipinski definition) is 0. The van der Waals surface area contributed by atoms with Crippen LogP contribution in [0.3, 0.4) is 0 Å². The van der Waals surface area contributed by atoms with Crippen LogP contribution in [0.1, 0.15) is 67.2 Å². The number of nitrogens with zero attached hydrogens (tertiary/aromatic N) is 1. The third kappa shape index (κ3) is 10.2. The molecule has 19 heavy (non-hydrogen) atoms. The first-order valence-electron chi connectivity index (χ1n) is 8.25. The molecule has 0 radical (unpaired) electrons. The summed E-state index contributed by atoms with van der Waals surface area (Å²) in [5.41, 5.74) is 1.32. The average Bonchev–Trinajstić information content (AvgIpc) is 2.25. The fourth-order valence-corrected chi connectivity index (χ4v) is 3.04. The van der Waals surface area contributed by atoms with E-state index < -0.39 is 0 Å². The van der Waals surface area contributed by atoms with Gasteiger partial charge in [0.05, 0.1) is 0 Å². The van der Waals surface area contributed by atoms with Gasteiger partial charge in [0.2, 0.25) is 0 Å². The van der Waals surface area contributed by atoms with Gasteiger partial charge in [-0.25, -0.2) is 0 Å². The molecule has 0 aromatic rings. The SMILES string of the molecule is C=C(C)CC(C)CN(CC(C)C)CC(CC)CCC. The lowest BCUT2D eigenvalue weighted by Crippen LogP contribution is -2.36. The molecule has 0 rings (SSSR count). The zero-order chi connectivity index (χ0) is 14.8. The Morgan fingerprint density at radius 3 is 2.11 bits per heavy atom. The molecule has 0 saturated heterocycles. The van der Waals surface area contributed by atoms with Crippen molar-refractivity contribution in [3.8, 4) is 0 Å². The van der Waals surface area contributed by atoms with Crippen LogP contribution >= 0.6 is 0 Å². The summed E-state index contributed by atoms with van der Waals surface area (Å²) >= 11 is 0. The summed E-state index contributed by atoms with van der Waals surface area (Å²) in [6.45, 7) is 21.6. The molecular formula is C18H37N. The molecule has 0 heterocycles. The lowest BCUT2D eigenvalue weighted by atomic mass is 9.97. The van der Waals surface area contributed by atoms with E-state index in [-0.39, 0.29) is 0 Å². The highest BCUT2D eigenvalue weighted by molar-refractivity contribution is 4.90. The van der Waals surface area contributed by atoms with E-state index in [4.69, 9.17) is 0 Å². The van der Waals surface area contributed by atoms with Gasteiger partial charge in [-0.3, -0.25) is 0 Å². The van der Waals surface area contributed by atoms with Crippen LogP contribution in [0.5, 0.6) is 0 Å². The quantitative estimate of drug-likeness (QED) is 0.455. The Morgan fingerprint density at radius 1 is 1.05 bits per heavy atom. The van der Waals surface area contributed by atoms with Crippen LogP contribution in [-0.2, 0) is 0 Å². The monoisotopic (exact) mass is 267 g/mol. The average molecular weight is 268 g/mol. The summed E-state index contributed by atoms with van der Waals surface area (Å²) in [5.74, 6) is 2.37. The van der Waals surface area contributed by atoms with Crippen LogP contribution in [0, 0.1) is 17.8 Å². The second-order valence-corrected chi connectivity index (χ2v) is 6.94. The molecule has 0 saturated carbocycles. The molecule has 2 atom stereocenters. The second kappa shape index (κ2) is 10.5. The first-order valence-corrected chi connectivity index (χ1v) is 8.25. The first-order chi connectivity index (χ1) is 8.88. The van der Waals surface area contributed by atoms with E-state index in [0.717, 1.165) is 17.8 Å². The van der Waals surface area contributed by atoms with Gasteiger partial charge in [0.15, 0.2) is 0 Å². The molecule has 2 unspecified atom stereocenters. The summed E-state index contributed by atoms with van der Waals surface area (Å²) < 4.78 is 0. The van der Waals surface area contributed by atoms with Crippen LogP contribution in [0.4, 0.5) is 0 Å². The van der Waals surface area contributed by atoms with Gasteiger partial charge < -0.3 is 4.90 Å². The van der Waals surface area contributed by atoms with Crippen molar-refractivity contribution in [3.63, 3.8) is 0 Å². The predicted octanol–water partition coefficient (Wildman–Crippen LogP) is 5.37. The zero-order valence-electron chi connectivity index (χ0n) is 14.3. The summed E-state index contributed by atoms with van der Waals surface area (Å²) in [6.07, 6.45) is 5.17. The molecule has 0 bridgehead atoms. The van der Waals surface area contributed by atoms with Gasteiger partial charge in [-0.2, -0.15) is 0 Å². The lowest BCUT2D eigenvalue weighted by molar-refractivity contribution is 0.176. The lowest BCUT2D eigenvalue weighted by Gasteiger charge is -2.30. The summed E-state index contributed by atoms with van der Waals surface area (Å²) in [7, 11) is 0. The van der Waals surface area contributed by atoms with E-state index in [1.807, 2.05) is 0 Å². The highest BCUT2D eigenvalue weighted by Crippen LogP contribution is 2.17. The molecule has 0 N–H and O–H groups in total. The molecule has 114 valence electrons. The van der Waals surface area contributed by atoms with Gasteiger partial charge >= 0.3 is 0 Å². The minimum atomic E-state index is 0.732. The molecule has 0 aliphatic heterocycles. The minimum Gasteiger partial charge on any atom is -0.303 e. The highest BCUT2D eigenvalue weighted by Gasteiger charge is 2.16. The largest absolute Gasteiger partial charge is 0.303 e. The van der Waals surface area contributed by atoms with Crippen LogP contribution in [0.15, 0.2) is 12.2 Å². The molecule has 0 aromatic carbocycles. The van der Waals surface area contributed by atoms with Gasteiger partial charge in [0.1, 0.15) is 0 Å². The van der Waals surface area contributed by atoms with E-state index in [1.165, 1.54) is 50.9 Å². The Hall–Kier alpha value is -0.300. The van der Waals surface area contributed by atoms with E-state index >= 15 is 0 Å². The van der Waals surface area contributed by atoms with Crippen molar-refractivity contribution in [1.29, 1.82) is 0 Å². The fraction of sp³-hybridized carbons (Fsp3) is 0.889. The number of allylic oxidation sites excluding steroid dienone is 1. The molecule has 1 nitrogen and oxygen atoms in total. The Balaban J connectivity index is 4.39. The number of rotatable bonds is 11. The standard InChI is InChI=1S/C18H37N/c1-8-10-18(9-2)14-19(12-16(5)6)13-17(7)11-15(3)4/h16-18H,3,8-14H2,1-2,4-7H3. The van der Waals surface area contributed by atoms with Crippen molar-refractivity contribution in [2.45, 2.75) is 67.2 Å². The highest BCUT2D eigenvalue weighted by atomic mass is 15.1. The maximum atomic E-state index is 4.05. The van der Waals surface area contributed by atoms with Crippen LogP contribution in [0.2, 0.25) is 0 Å². The van der Waals surface area contributed by atoms with Crippen molar-refractivity contribution in [3.05, 3.63) is 12.2 Å². The molecule has 1 heteroatoms. The molecular weight excluding hydrogens is 230 g/mol. The summed E-state index contributed by atoms with van der Waals surface area (Å²) in [4.78, 5) is 2.70. The van der Waals surface area contributed by atoms with Gasteiger partial charge in [0, 0.05) is 19.6 Å². The second-order valence-electron chi connectivity index (χ2n) is 6.94. The Bertz CT molecular complexity index is 232. The van der Waals surface area contributed by atoms with Crippen LogP contribution < -0.4 is 0 Å². The van der Waals surface area contributed by atoms with Crippen molar-refractivity contribution < 1.29 is 0 Å². The summed E-state index contributed by atoms with van der Waals surface area (Å²) in [5, 5.41) is 0. The Morgan fingerprint density at radius 2 is 1.68 bits per heavy atom. The maximum Gasteiger partial charge on any atom is 0.00103 e. The molecule has 0 fully saturated rings. The zero-order valence-corrected chi connectivity index (χ0v) is 14.3. The molecule has 0 aliphatic rings. The molecule has 0 amide bonds. The Kier molecular flexibility index (Phi) is 10.3. The number of hydrogen-bond acceptors (Lipinski definition) is 1. The van der Waals surface area contributed by atoms with Crippen LogP contribution in [-0.4, -0.2) is 24.5 Å². The van der Waals surface area contributed by atoms with Gasteiger partial charge in [-0.15, -0.1) is 6.58 Å². The van der Waals surface area contributed by atoms with Gasteiger partial charge in [0.25, 0.3) is 0 Å². The maximum absolute atomic E-state index is 4.05. The van der Waals surface area contributed by atoms with Crippen LogP contribution in [0.25, 0.3) is 0 Å². The van der Waals surface area contributed by atoms with Crippen molar-refractivity contribution in [1.82, 2.24) is 4.90 Å². The normalized spacial score (nSPS) is 14.9. The topological polar surface area (TPSA) is 3.24 Å². The van der Waals surface area contributed by atoms with E-state index in [2.05, 4.69) is 53.0 Å². The van der Waals surface area contributed by atoms with E-state index in [0.29, 0.717) is 0 Å². The molecule has 0 aliphatic carbocycles. The van der Waals surface area contributed by atoms with Gasteiger partial charge in [-0.05, 0) is 37.5 Å². The third-order valence-electron chi connectivity index (χ3n) is 3.68. The molecule has 0 aromatic heterocycles. The van der Waals surface area contributed by atoms with Crippen molar-refractivity contribution in [2.24, 2.45) is 17.8 Å². The van der Waals surface area contributed by atoms with Crippen molar-refractivity contribution >= 4 is 0 Å². The Labute approximate surface area is 122 Å². The molecule has 0 spiro atoms.